The molecule has 0 unspecified atom stereocenters. The van der Waals surface area contributed by atoms with Gasteiger partial charge in [0, 0.05) is 11.8 Å². The number of esters is 1. The maximum absolute atomic E-state index is 11.6. The molecule has 0 aromatic heterocycles. The van der Waals surface area contributed by atoms with E-state index in [1.807, 2.05) is 6.92 Å². The zero-order chi connectivity index (χ0) is 15.0. The van der Waals surface area contributed by atoms with Crippen LogP contribution < -0.4 is 10.1 Å². The minimum Gasteiger partial charge on any atom is -0.489 e. The van der Waals surface area contributed by atoms with Gasteiger partial charge in [-0.15, -0.1) is 0 Å². The topological polar surface area (TPSA) is 64.6 Å². The summed E-state index contributed by atoms with van der Waals surface area (Å²) >= 11 is 0. The van der Waals surface area contributed by atoms with E-state index in [1.165, 1.54) is 0 Å². The summed E-state index contributed by atoms with van der Waals surface area (Å²) in [5.74, 6) is -0.331. The van der Waals surface area contributed by atoms with Crippen molar-refractivity contribution in [2.24, 2.45) is 0 Å². The number of carbonyl (C=O) groups excluding carboxylic acids is 2. The van der Waals surface area contributed by atoms with Gasteiger partial charge in [0.25, 0.3) is 0 Å². The smallest absolute Gasteiger partial charge is 0.315 e. The van der Waals surface area contributed by atoms with Gasteiger partial charge in [-0.2, -0.15) is 0 Å². The molecule has 0 aliphatic heterocycles. The first-order valence-electron chi connectivity index (χ1n) is 6.34. The molecule has 0 aliphatic carbocycles. The average Bonchev–Trinajstić information content (AvgIpc) is 2.36. The van der Waals surface area contributed by atoms with Gasteiger partial charge >= 0.3 is 5.97 Å². The molecular weight excluding hydrogens is 258 g/mol. The number of benzene rings is 1. The van der Waals surface area contributed by atoms with E-state index in [-0.39, 0.29) is 13.0 Å². The van der Waals surface area contributed by atoms with Crippen LogP contribution in [-0.4, -0.2) is 25.1 Å². The number of anilines is 1. The fourth-order valence-corrected chi connectivity index (χ4v) is 1.42. The van der Waals surface area contributed by atoms with Crippen molar-refractivity contribution in [3.05, 3.63) is 36.4 Å². The standard InChI is InChI=1S/C15H19NO4/c1-4-19-15(18)9-14(17)16-12-6-5-7-13(8-12)20-10-11(2)3/h5-8H,2,4,9-10H2,1,3H3,(H,16,17). The van der Waals surface area contributed by atoms with Crippen molar-refractivity contribution in [3.8, 4) is 5.75 Å². The molecule has 1 amide bonds. The molecule has 5 heteroatoms. The minimum atomic E-state index is -0.542. The summed E-state index contributed by atoms with van der Waals surface area (Å²) in [5, 5.41) is 2.62. The Hall–Kier alpha value is -2.30. The van der Waals surface area contributed by atoms with Crippen LogP contribution in [0.3, 0.4) is 0 Å². The summed E-state index contributed by atoms with van der Waals surface area (Å²) in [5.41, 5.74) is 1.47. The highest BCUT2D eigenvalue weighted by Gasteiger charge is 2.10. The van der Waals surface area contributed by atoms with Crippen molar-refractivity contribution >= 4 is 17.6 Å². The van der Waals surface area contributed by atoms with E-state index in [4.69, 9.17) is 9.47 Å². The molecular formula is C15H19NO4. The molecule has 1 aromatic carbocycles. The van der Waals surface area contributed by atoms with Crippen molar-refractivity contribution in [1.29, 1.82) is 0 Å². The number of hydrogen-bond acceptors (Lipinski definition) is 4. The normalized spacial score (nSPS) is 9.70. The van der Waals surface area contributed by atoms with E-state index >= 15 is 0 Å². The molecule has 0 atom stereocenters. The number of hydrogen-bond donors (Lipinski definition) is 1. The second-order valence-corrected chi connectivity index (χ2v) is 4.30. The third-order valence-corrected chi connectivity index (χ3v) is 2.21. The summed E-state index contributed by atoms with van der Waals surface area (Å²) in [6.45, 7) is 7.98. The molecule has 108 valence electrons. The van der Waals surface area contributed by atoms with Gasteiger partial charge in [0.05, 0.1) is 6.61 Å². The van der Waals surface area contributed by atoms with Crippen molar-refractivity contribution < 1.29 is 19.1 Å². The monoisotopic (exact) mass is 277 g/mol. The van der Waals surface area contributed by atoms with Crippen LogP contribution in [0.15, 0.2) is 36.4 Å². The molecule has 1 aromatic rings. The van der Waals surface area contributed by atoms with Gasteiger partial charge in [0.1, 0.15) is 18.8 Å². The predicted molar refractivity (Wildman–Crippen MR) is 76.6 cm³/mol. The second-order valence-electron chi connectivity index (χ2n) is 4.30. The fraction of sp³-hybridized carbons (Fsp3) is 0.333. The zero-order valence-corrected chi connectivity index (χ0v) is 11.8. The third kappa shape index (κ3) is 6.04. The van der Waals surface area contributed by atoms with E-state index in [0.717, 1.165) is 5.57 Å². The average molecular weight is 277 g/mol. The van der Waals surface area contributed by atoms with Crippen molar-refractivity contribution in [3.63, 3.8) is 0 Å². The zero-order valence-electron chi connectivity index (χ0n) is 11.8. The van der Waals surface area contributed by atoms with Crippen molar-refractivity contribution in [2.45, 2.75) is 20.3 Å². The maximum atomic E-state index is 11.6. The first kappa shape index (κ1) is 15.8. The lowest BCUT2D eigenvalue weighted by molar-refractivity contribution is -0.145. The molecule has 1 rings (SSSR count). The quantitative estimate of drug-likeness (QED) is 0.472. The Bertz CT molecular complexity index is 496. The van der Waals surface area contributed by atoms with Crippen LogP contribution in [0.25, 0.3) is 0 Å². The highest BCUT2D eigenvalue weighted by molar-refractivity contribution is 6.01. The molecule has 0 heterocycles. The third-order valence-electron chi connectivity index (χ3n) is 2.21. The van der Waals surface area contributed by atoms with Gasteiger partial charge in [0.15, 0.2) is 0 Å². The minimum absolute atomic E-state index is 0.260. The summed E-state index contributed by atoms with van der Waals surface area (Å²) in [6, 6.07) is 6.94. The van der Waals surface area contributed by atoms with Crippen LogP contribution in [0.5, 0.6) is 5.75 Å². The highest BCUT2D eigenvalue weighted by Crippen LogP contribution is 2.18. The van der Waals surface area contributed by atoms with E-state index in [9.17, 15) is 9.59 Å². The van der Waals surface area contributed by atoms with Crippen LogP contribution in [0, 0.1) is 0 Å². The molecule has 5 nitrogen and oxygen atoms in total. The molecule has 0 aliphatic rings. The van der Waals surface area contributed by atoms with E-state index < -0.39 is 11.9 Å². The Morgan fingerprint density at radius 2 is 2.10 bits per heavy atom. The Kier molecular flexibility index (Phi) is 6.29. The Balaban J connectivity index is 2.55. The van der Waals surface area contributed by atoms with Gasteiger partial charge in [-0.1, -0.05) is 12.6 Å². The summed E-state index contributed by atoms with van der Waals surface area (Å²) in [6.07, 6.45) is -0.301. The van der Waals surface area contributed by atoms with Crippen molar-refractivity contribution in [2.75, 3.05) is 18.5 Å². The van der Waals surface area contributed by atoms with Crippen LogP contribution in [0.4, 0.5) is 5.69 Å². The van der Waals surface area contributed by atoms with Gasteiger partial charge in [-0.05, 0) is 31.6 Å². The Morgan fingerprint density at radius 3 is 2.75 bits per heavy atom. The number of nitrogens with one attached hydrogen (secondary N) is 1. The first-order valence-corrected chi connectivity index (χ1v) is 6.34. The van der Waals surface area contributed by atoms with Crippen molar-refractivity contribution in [1.82, 2.24) is 0 Å². The first-order chi connectivity index (χ1) is 9.51. The molecule has 1 N–H and O–H groups in total. The van der Waals surface area contributed by atoms with Crippen LogP contribution in [0.2, 0.25) is 0 Å². The van der Waals surface area contributed by atoms with E-state index in [0.29, 0.717) is 18.0 Å². The fourth-order valence-electron chi connectivity index (χ4n) is 1.42. The molecule has 0 spiro atoms. The van der Waals surface area contributed by atoms with Gasteiger partial charge in [-0.25, -0.2) is 0 Å². The molecule has 0 fully saturated rings. The van der Waals surface area contributed by atoms with Crippen LogP contribution in [-0.2, 0) is 14.3 Å². The largest absolute Gasteiger partial charge is 0.489 e. The lowest BCUT2D eigenvalue weighted by atomic mass is 10.3. The van der Waals surface area contributed by atoms with Gasteiger partial charge < -0.3 is 14.8 Å². The lowest BCUT2D eigenvalue weighted by Crippen LogP contribution is -2.18. The van der Waals surface area contributed by atoms with E-state index in [1.54, 1.807) is 31.2 Å². The lowest BCUT2D eigenvalue weighted by Gasteiger charge is -2.09. The number of carbonyl (C=O) groups is 2. The molecule has 0 saturated heterocycles. The Morgan fingerprint density at radius 1 is 1.35 bits per heavy atom. The maximum Gasteiger partial charge on any atom is 0.315 e. The van der Waals surface area contributed by atoms with Crippen LogP contribution >= 0.6 is 0 Å². The summed E-state index contributed by atoms with van der Waals surface area (Å²) < 4.78 is 10.2. The number of amides is 1. The molecule has 20 heavy (non-hydrogen) atoms. The SMILES string of the molecule is C=C(C)COc1cccc(NC(=O)CC(=O)OCC)c1. The predicted octanol–water partition coefficient (Wildman–Crippen LogP) is 2.53. The second kappa shape index (κ2) is 7.99. The summed E-state index contributed by atoms with van der Waals surface area (Å²) in [7, 11) is 0. The molecule has 0 bridgehead atoms. The van der Waals surface area contributed by atoms with Crippen LogP contribution in [0.1, 0.15) is 20.3 Å². The van der Waals surface area contributed by atoms with Gasteiger partial charge in [0.2, 0.25) is 5.91 Å². The summed E-state index contributed by atoms with van der Waals surface area (Å²) in [4.78, 5) is 22.8. The molecule has 0 radical (unpaired) electrons. The Labute approximate surface area is 118 Å². The molecule has 0 saturated carbocycles. The highest BCUT2D eigenvalue weighted by atomic mass is 16.5. The number of rotatable bonds is 7. The van der Waals surface area contributed by atoms with E-state index in [2.05, 4.69) is 11.9 Å². The number of ether oxygens (including phenoxy) is 2. The van der Waals surface area contributed by atoms with Gasteiger partial charge in [-0.3, -0.25) is 9.59 Å².